The van der Waals surface area contributed by atoms with E-state index in [1.54, 1.807) is 6.07 Å². The van der Waals surface area contributed by atoms with Gasteiger partial charge >= 0.3 is 5.63 Å². The molecule has 0 aliphatic heterocycles. The maximum atomic E-state index is 12.1. The summed E-state index contributed by atoms with van der Waals surface area (Å²) in [4.78, 5) is 14.4. The lowest BCUT2D eigenvalue weighted by Gasteiger charge is -2.18. The van der Waals surface area contributed by atoms with Crippen LogP contribution in [-0.4, -0.2) is 29.6 Å². The summed E-state index contributed by atoms with van der Waals surface area (Å²) in [7, 11) is 0. The molecule has 0 aliphatic carbocycles. The third kappa shape index (κ3) is 3.75. The molecule has 2 aromatic rings. The van der Waals surface area contributed by atoms with Crippen LogP contribution < -0.4 is 5.63 Å². The molecule has 0 saturated carbocycles. The van der Waals surface area contributed by atoms with Gasteiger partial charge in [0.15, 0.2) is 0 Å². The number of nitrogens with zero attached hydrogens (tertiary/aromatic N) is 1. The topological polar surface area (TPSA) is 53.7 Å². The Morgan fingerprint density at radius 2 is 1.91 bits per heavy atom. The van der Waals surface area contributed by atoms with Crippen LogP contribution in [0.2, 0.25) is 5.02 Å². The van der Waals surface area contributed by atoms with E-state index in [9.17, 15) is 9.90 Å². The molecule has 2 rings (SSSR count). The largest absolute Gasteiger partial charge is 0.506 e. The van der Waals surface area contributed by atoms with Gasteiger partial charge in [0.2, 0.25) is 0 Å². The van der Waals surface area contributed by atoms with Gasteiger partial charge in [-0.2, -0.15) is 0 Å². The number of phenolic OH excluding ortho intramolecular Hbond substituents is 1. The quantitative estimate of drug-likeness (QED) is 0.838. The van der Waals surface area contributed by atoms with Crippen molar-refractivity contribution in [1.82, 2.24) is 4.90 Å². The average molecular weight is 346 g/mol. The number of fused-ring (bicyclic) bond motifs is 1. The van der Waals surface area contributed by atoms with Gasteiger partial charge in [0.05, 0.1) is 5.02 Å². The van der Waals surface area contributed by atoms with Gasteiger partial charge in [-0.1, -0.05) is 25.4 Å². The predicted octanol–water partition coefficient (Wildman–Crippen LogP) is 3.77. The molecule has 0 saturated heterocycles. The number of hydrogen-bond acceptors (Lipinski definition) is 4. The first-order chi connectivity index (χ1) is 9.97. The van der Waals surface area contributed by atoms with Crippen molar-refractivity contribution in [2.45, 2.75) is 27.2 Å². The van der Waals surface area contributed by atoms with Crippen LogP contribution >= 0.6 is 24.0 Å². The summed E-state index contributed by atoms with van der Waals surface area (Å²) in [5.41, 5.74) is 1.58. The van der Waals surface area contributed by atoms with E-state index in [1.165, 1.54) is 6.07 Å². The number of rotatable bonds is 5. The summed E-state index contributed by atoms with van der Waals surface area (Å²) < 4.78 is 5.32. The highest BCUT2D eigenvalue weighted by Crippen LogP contribution is 2.30. The molecule has 1 heterocycles. The maximum absolute atomic E-state index is 12.1. The van der Waals surface area contributed by atoms with Crippen molar-refractivity contribution in [2.24, 2.45) is 0 Å². The van der Waals surface area contributed by atoms with E-state index in [1.807, 2.05) is 6.92 Å². The van der Waals surface area contributed by atoms with Crippen LogP contribution in [0.4, 0.5) is 0 Å². The first-order valence-electron chi connectivity index (χ1n) is 7.15. The van der Waals surface area contributed by atoms with Crippen LogP contribution in [0.5, 0.6) is 5.75 Å². The molecule has 0 amide bonds. The minimum absolute atomic E-state index is 0. The van der Waals surface area contributed by atoms with E-state index in [0.717, 1.165) is 30.6 Å². The lowest BCUT2D eigenvalue weighted by molar-refractivity contribution is 0.306. The molecular formula is C16H21Cl2NO3. The third-order valence-electron chi connectivity index (χ3n) is 3.93. The maximum Gasteiger partial charge on any atom is 0.339 e. The molecule has 0 spiro atoms. The van der Waals surface area contributed by atoms with Crippen molar-refractivity contribution in [3.8, 4) is 5.75 Å². The lowest BCUT2D eigenvalue weighted by Crippen LogP contribution is -2.27. The fraction of sp³-hybridized carbons (Fsp3) is 0.438. The van der Waals surface area contributed by atoms with Gasteiger partial charge in [0, 0.05) is 23.6 Å². The Hall–Kier alpha value is -1.23. The molecule has 22 heavy (non-hydrogen) atoms. The van der Waals surface area contributed by atoms with Crippen LogP contribution in [-0.2, 0) is 6.42 Å². The first kappa shape index (κ1) is 18.8. The zero-order valence-electron chi connectivity index (χ0n) is 13.0. The molecule has 0 radical (unpaired) electrons. The monoisotopic (exact) mass is 345 g/mol. The standard InChI is InChI=1S/C16H20ClNO3.ClH/c1-4-18(5-2)7-6-11-10(3)12-8-13(17)14(19)9-15(12)21-16(11)20;/h8-9,19H,4-7H2,1-3H3;1H. The molecular weight excluding hydrogens is 325 g/mol. The second kappa shape index (κ2) is 7.86. The van der Waals surface area contributed by atoms with E-state index in [4.69, 9.17) is 16.0 Å². The number of phenols is 1. The van der Waals surface area contributed by atoms with Crippen LogP contribution in [0.25, 0.3) is 11.0 Å². The molecule has 122 valence electrons. The Balaban J connectivity index is 0.00000242. The average Bonchev–Trinajstić information content (AvgIpc) is 2.45. The predicted molar refractivity (Wildman–Crippen MR) is 92.6 cm³/mol. The Labute approximate surface area is 141 Å². The van der Waals surface area contributed by atoms with Gasteiger partial charge in [-0.3, -0.25) is 0 Å². The highest BCUT2D eigenvalue weighted by Gasteiger charge is 2.14. The molecule has 6 heteroatoms. The van der Waals surface area contributed by atoms with Crippen LogP contribution in [0.3, 0.4) is 0 Å². The second-order valence-electron chi connectivity index (χ2n) is 5.07. The van der Waals surface area contributed by atoms with Gasteiger partial charge in [0.1, 0.15) is 11.3 Å². The van der Waals surface area contributed by atoms with Crippen LogP contribution in [0.1, 0.15) is 25.0 Å². The number of benzene rings is 1. The number of hydrogen-bond donors (Lipinski definition) is 1. The Morgan fingerprint density at radius 3 is 2.50 bits per heavy atom. The minimum Gasteiger partial charge on any atom is -0.506 e. The molecule has 4 nitrogen and oxygen atoms in total. The smallest absolute Gasteiger partial charge is 0.339 e. The van der Waals surface area contributed by atoms with E-state index in [0.29, 0.717) is 17.6 Å². The Morgan fingerprint density at radius 1 is 1.27 bits per heavy atom. The van der Waals surface area contributed by atoms with Crippen LogP contribution in [0, 0.1) is 6.92 Å². The second-order valence-corrected chi connectivity index (χ2v) is 5.48. The Kier molecular flexibility index (Phi) is 6.72. The molecule has 0 bridgehead atoms. The summed E-state index contributed by atoms with van der Waals surface area (Å²) in [6.07, 6.45) is 0.643. The fourth-order valence-electron chi connectivity index (χ4n) is 2.50. The lowest BCUT2D eigenvalue weighted by atomic mass is 10.0. The van der Waals surface area contributed by atoms with Gasteiger partial charge in [-0.15, -0.1) is 12.4 Å². The highest BCUT2D eigenvalue weighted by atomic mass is 35.5. The molecule has 0 aliphatic rings. The van der Waals surface area contributed by atoms with Crippen molar-refractivity contribution in [3.05, 3.63) is 38.7 Å². The van der Waals surface area contributed by atoms with Gasteiger partial charge in [0.25, 0.3) is 0 Å². The highest BCUT2D eigenvalue weighted by molar-refractivity contribution is 6.32. The number of likely N-dealkylation sites (N-methyl/N-ethyl adjacent to an activating group) is 1. The normalized spacial score (nSPS) is 11.0. The van der Waals surface area contributed by atoms with E-state index < -0.39 is 0 Å². The SMILES string of the molecule is CCN(CC)CCc1c(C)c2cc(Cl)c(O)cc2oc1=O.Cl. The summed E-state index contributed by atoms with van der Waals surface area (Å²) in [6.45, 7) is 8.81. The minimum atomic E-state index is -0.339. The van der Waals surface area contributed by atoms with Crippen molar-refractivity contribution in [2.75, 3.05) is 19.6 Å². The number of halogens is 2. The van der Waals surface area contributed by atoms with E-state index >= 15 is 0 Å². The summed E-state index contributed by atoms with van der Waals surface area (Å²) >= 11 is 5.95. The molecule has 0 atom stereocenters. The zero-order valence-corrected chi connectivity index (χ0v) is 14.6. The molecule has 1 aromatic carbocycles. The first-order valence-corrected chi connectivity index (χ1v) is 7.52. The van der Waals surface area contributed by atoms with Crippen molar-refractivity contribution in [3.63, 3.8) is 0 Å². The number of aromatic hydroxyl groups is 1. The summed E-state index contributed by atoms with van der Waals surface area (Å²) in [6, 6.07) is 3.03. The molecule has 1 N–H and O–H groups in total. The fourth-order valence-corrected chi connectivity index (χ4v) is 2.66. The van der Waals surface area contributed by atoms with E-state index in [-0.39, 0.29) is 28.8 Å². The summed E-state index contributed by atoms with van der Waals surface area (Å²) in [5, 5.41) is 10.6. The summed E-state index contributed by atoms with van der Waals surface area (Å²) in [5.74, 6) is -0.0809. The molecule has 0 fully saturated rings. The Bertz CT molecular complexity index is 709. The van der Waals surface area contributed by atoms with Crippen molar-refractivity contribution in [1.29, 1.82) is 0 Å². The van der Waals surface area contributed by atoms with Gasteiger partial charge in [-0.05, 0) is 38.1 Å². The zero-order chi connectivity index (χ0) is 15.6. The van der Waals surface area contributed by atoms with Crippen molar-refractivity contribution < 1.29 is 9.52 Å². The third-order valence-corrected chi connectivity index (χ3v) is 4.23. The molecule has 0 unspecified atom stereocenters. The molecule has 1 aromatic heterocycles. The van der Waals surface area contributed by atoms with Gasteiger partial charge in [-0.25, -0.2) is 4.79 Å². The van der Waals surface area contributed by atoms with Crippen LogP contribution in [0.15, 0.2) is 21.3 Å². The number of aryl methyl sites for hydroxylation is 1. The van der Waals surface area contributed by atoms with Crippen molar-refractivity contribution >= 4 is 35.0 Å². The van der Waals surface area contributed by atoms with Gasteiger partial charge < -0.3 is 14.4 Å². The van der Waals surface area contributed by atoms with E-state index in [2.05, 4.69) is 18.7 Å².